The average Bonchev–Trinajstić information content (AvgIpc) is 2.90. The highest BCUT2D eigenvalue weighted by molar-refractivity contribution is 5.94. The third-order valence-electron chi connectivity index (χ3n) is 3.80. The van der Waals surface area contributed by atoms with Gasteiger partial charge in [0, 0.05) is 12.7 Å². The van der Waals surface area contributed by atoms with E-state index >= 15 is 0 Å². The predicted octanol–water partition coefficient (Wildman–Crippen LogP) is 2.31. The fraction of sp³-hybridized carbons (Fsp3) is 0.250. The molecule has 0 radical (unpaired) electrons. The number of pyridine rings is 1. The monoisotopic (exact) mass is 304 g/mol. The Labute approximate surface area is 126 Å². The lowest BCUT2D eigenvalue weighted by molar-refractivity contribution is 0.0711. The minimum atomic E-state index is -0.702. The number of nitrogens with zero attached hydrogens (tertiary/aromatic N) is 2. The second-order valence-electron chi connectivity index (χ2n) is 5.27. The van der Waals surface area contributed by atoms with Crippen LogP contribution in [0.3, 0.4) is 0 Å². The molecule has 1 aliphatic heterocycles. The van der Waals surface area contributed by atoms with Crippen LogP contribution in [0.1, 0.15) is 28.4 Å². The summed E-state index contributed by atoms with van der Waals surface area (Å²) >= 11 is 0. The van der Waals surface area contributed by atoms with Crippen molar-refractivity contribution in [3.05, 3.63) is 65.5 Å². The summed E-state index contributed by atoms with van der Waals surface area (Å²) in [6.45, 7) is 0.114. The van der Waals surface area contributed by atoms with Crippen LogP contribution in [0, 0.1) is 11.6 Å². The number of likely N-dealkylation sites (tertiary alicyclic amines) is 1. The topological polar surface area (TPSA) is 53.4 Å². The Kier molecular flexibility index (Phi) is 3.85. The summed E-state index contributed by atoms with van der Waals surface area (Å²) < 4.78 is 26.8. The third kappa shape index (κ3) is 2.69. The van der Waals surface area contributed by atoms with Crippen LogP contribution >= 0.6 is 0 Å². The second kappa shape index (κ2) is 5.81. The van der Waals surface area contributed by atoms with E-state index in [4.69, 9.17) is 0 Å². The molecule has 1 saturated heterocycles. The van der Waals surface area contributed by atoms with Gasteiger partial charge in [0.05, 0.1) is 23.9 Å². The van der Waals surface area contributed by atoms with Crippen LogP contribution < -0.4 is 0 Å². The van der Waals surface area contributed by atoms with Crippen LogP contribution in [0.5, 0.6) is 0 Å². The fourth-order valence-electron chi connectivity index (χ4n) is 2.74. The van der Waals surface area contributed by atoms with E-state index in [9.17, 15) is 18.7 Å². The Hall–Kier alpha value is -2.34. The van der Waals surface area contributed by atoms with Crippen molar-refractivity contribution >= 4 is 5.91 Å². The zero-order chi connectivity index (χ0) is 15.7. The van der Waals surface area contributed by atoms with Crippen molar-refractivity contribution in [2.24, 2.45) is 0 Å². The smallest absolute Gasteiger partial charge is 0.257 e. The number of amides is 1. The van der Waals surface area contributed by atoms with E-state index in [1.807, 2.05) is 0 Å². The van der Waals surface area contributed by atoms with Crippen LogP contribution in [-0.4, -0.2) is 33.5 Å². The summed E-state index contributed by atoms with van der Waals surface area (Å²) in [6.07, 6.45) is 1.97. The first-order valence-electron chi connectivity index (χ1n) is 6.90. The molecule has 0 bridgehead atoms. The van der Waals surface area contributed by atoms with E-state index in [0.717, 1.165) is 6.20 Å². The van der Waals surface area contributed by atoms with E-state index in [1.165, 1.54) is 29.3 Å². The first kappa shape index (κ1) is 14.6. The molecule has 0 aliphatic carbocycles. The van der Waals surface area contributed by atoms with Crippen LogP contribution in [0.2, 0.25) is 0 Å². The highest BCUT2D eigenvalue weighted by Crippen LogP contribution is 2.33. The summed E-state index contributed by atoms with van der Waals surface area (Å²) in [5.74, 6) is -1.59. The highest BCUT2D eigenvalue weighted by Gasteiger charge is 2.36. The molecule has 114 valence electrons. The van der Waals surface area contributed by atoms with Gasteiger partial charge in [0.1, 0.15) is 5.82 Å². The SMILES string of the molecule is O=C(c1ccncc1F)N1CC(O)CC1c1ccc(F)cc1. The molecule has 0 saturated carbocycles. The Morgan fingerprint density at radius 1 is 1.23 bits per heavy atom. The molecule has 1 aromatic carbocycles. The van der Waals surface area contributed by atoms with Gasteiger partial charge in [-0.05, 0) is 30.2 Å². The fourth-order valence-corrected chi connectivity index (χ4v) is 2.74. The Bertz CT molecular complexity index is 691. The van der Waals surface area contributed by atoms with Crippen molar-refractivity contribution in [3.8, 4) is 0 Å². The van der Waals surface area contributed by atoms with E-state index in [0.29, 0.717) is 12.0 Å². The Morgan fingerprint density at radius 3 is 2.64 bits per heavy atom. The summed E-state index contributed by atoms with van der Waals surface area (Å²) in [7, 11) is 0. The lowest BCUT2D eigenvalue weighted by Crippen LogP contribution is -2.32. The summed E-state index contributed by atoms with van der Waals surface area (Å²) in [5.41, 5.74) is 0.622. The molecule has 2 aromatic rings. The molecule has 1 aliphatic rings. The van der Waals surface area contributed by atoms with Gasteiger partial charge in [-0.2, -0.15) is 0 Å². The number of aliphatic hydroxyl groups excluding tert-OH is 1. The van der Waals surface area contributed by atoms with E-state index in [2.05, 4.69) is 4.98 Å². The zero-order valence-corrected chi connectivity index (χ0v) is 11.6. The predicted molar refractivity (Wildman–Crippen MR) is 75.0 cm³/mol. The molecular formula is C16H14F2N2O2. The van der Waals surface area contributed by atoms with Crippen LogP contribution in [-0.2, 0) is 0 Å². The first-order chi connectivity index (χ1) is 10.6. The number of halogens is 2. The van der Waals surface area contributed by atoms with E-state index in [-0.39, 0.29) is 17.9 Å². The van der Waals surface area contributed by atoms with E-state index < -0.39 is 23.9 Å². The van der Waals surface area contributed by atoms with Gasteiger partial charge in [-0.1, -0.05) is 12.1 Å². The van der Waals surface area contributed by atoms with Gasteiger partial charge in [0.15, 0.2) is 5.82 Å². The van der Waals surface area contributed by atoms with Crippen molar-refractivity contribution < 1.29 is 18.7 Å². The number of aliphatic hydroxyl groups is 1. The van der Waals surface area contributed by atoms with Crippen molar-refractivity contribution in [1.82, 2.24) is 9.88 Å². The minimum Gasteiger partial charge on any atom is -0.391 e. The molecule has 2 heterocycles. The maximum atomic E-state index is 13.8. The summed E-state index contributed by atoms with van der Waals surface area (Å²) in [4.78, 5) is 17.6. The van der Waals surface area contributed by atoms with Gasteiger partial charge in [-0.3, -0.25) is 9.78 Å². The van der Waals surface area contributed by atoms with Gasteiger partial charge in [0.25, 0.3) is 5.91 Å². The zero-order valence-electron chi connectivity index (χ0n) is 11.6. The number of carbonyl (C=O) groups excluding carboxylic acids is 1. The van der Waals surface area contributed by atoms with Gasteiger partial charge in [-0.25, -0.2) is 8.78 Å². The number of carbonyl (C=O) groups is 1. The molecule has 22 heavy (non-hydrogen) atoms. The Balaban J connectivity index is 1.92. The molecule has 0 spiro atoms. The van der Waals surface area contributed by atoms with Crippen LogP contribution in [0.25, 0.3) is 0 Å². The molecule has 2 unspecified atom stereocenters. The number of rotatable bonds is 2. The largest absolute Gasteiger partial charge is 0.391 e. The Morgan fingerprint density at radius 2 is 1.95 bits per heavy atom. The summed E-state index contributed by atoms with van der Waals surface area (Å²) in [5, 5.41) is 9.88. The van der Waals surface area contributed by atoms with Gasteiger partial charge in [0.2, 0.25) is 0 Å². The maximum Gasteiger partial charge on any atom is 0.257 e. The average molecular weight is 304 g/mol. The molecule has 1 N–H and O–H groups in total. The number of benzene rings is 1. The quantitative estimate of drug-likeness (QED) is 0.926. The first-order valence-corrected chi connectivity index (χ1v) is 6.90. The van der Waals surface area contributed by atoms with Gasteiger partial charge in [-0.15, -0.1) is 0 Å². The molecule has 1 aromatic heterocycles. The molecule has 4 nitrogen and oxygen atoms in total. The molecule has 6 heteroatoms. The lowest BCUT2D eigenvalue weighted by atomic mass is 10.0. The highest BCUT2D eigenvalue weighted by atomic mass is 19.1. The third-order valence-corrected chi connectivity index (χ3v) is 3.80. The number of hydrogen-bond donors (Lipinski definition) is 1. The maximum absolute atomic E-state index is 13.8. The second-order valence-corrected chi connectivity index (χ2v) is 5.27. The van der Waals surface area contributed by atoms with Crippen LogP contribution in [0.15, 0.2) is 42.7 Å². The lowest BCUT2D eigenvalue weighted by Gasteiger charge is -2.25. The summed E-state index contributed by atoms with van der Waals surface area (Å²) in [6, 6.07) is 6.65. The van der Waals surface area contributed by atoms with Gasteiger partial charge >= 0.3 is 0 Å². The molecular weight excluding hydrogens is 290 g/mol. The van der Waals surface area contributed by atoms with Crippen molar-refractivity contribution in [2.75, 3.05) is 6.54 Å². The molecule has 3 rings (SSSR count). The normalized spacial score (nSPS) is 21.1. The minimum absolute atomic E-state index is 0.0868. The van der Waals surface area contributed by atoms with Gasteiger partial charge < -0.3 is 10.0 Å². The number of aromatic nitrogens is 1. The number of hydrogen-bond acceptors (Lipinski definition) is 3. The standard InChI is InChI=1S/C16H14F2N2O2/c17-11-3-1-10(2-4-11)15-7-12(21)9-20(15)16(22)13-5-6-19-8-14(13)18/h1-6,8,12,15,21H,7,9H2. The molecule has 1 fully saturated rings. The van der Waals surface area contributed by atoms with Crippen molar-refractivity contribution in [3.63, 3.8) is 0 Å². The molecule has 2 atom stereocenters. The van der Waals surface area contributed by atoms with E-state index in [1.54, 1.807) is 12.1 Å². The van der Waals surface area contributed by atoms with Crippen molar-refractivity contribution in [2.45, 2.75) is 18.6 Å². The van der Waals surface area contributed by atoms with Crippen molar-refractivity contribution in [1.29, 1.82) is 0 Å². The number of β-amino-alcohol motifs (C(OH)–C–C–N with tert-alkyl or cyclic N) is 1. The molecule has 1 amide bonds. The van der Waals surface area contributed by atoms with Crippen LogP contribution in [0.4, 0.5) is 8.78 Å².